The number of rotatable bonds is 18. The van der Waals surface area contributed by atoms with Crippen LogP contribution in [0.5, 0.6) is 0 Å². The molecular weight excluding hydrogens is 1140 g/mol. The van der Waals surface area contributed by atoms with Crippen LogP contribution in [0.25, 0.3) is 0 Å². The Bertz CT molecular complexity index is 2470. The van der Waals surface area contributed by atoms with Gasteiger partial charge in [-0.1, -0.05) is 109 Å². The van der Waals surface area contributed by atoms with Crippen molar-refractivity contribution in [3.63, 3.8) is 0 Å². The lowest BCUT2D eigenvalue weighted by Crippen LogP contribution is -2.63. The van der Waals surface area contributed by atoms with Crippen LogP contribution in [0, 0.1) is 41.4 Å². The average molecular weight is 1260 g/mol. The van der Waals surface area contributed by atoms with E-state index in [1.54, 1.807) is 60.6 Å². The third kappa shape index (κ3) is 23.3. The fourth-order valence-corrected chi connectivity index (χ4v) is 11.1. The molecule has 1 aliphatic heterocycles. The molecule has 12 amide bonds. The largest absolute Gasteiger partial charge is 0.390 e. The van der Waals surface area contributed by atoms with Crippen LogP contribution in [0.15, 0.2) is 12.2 Å². The monoisotopic (exact) mass is 1260 g/mol. The Morgan fingerprint density at radius 2 is 0.944 bits per heavy atom. The van der Waals surface area contributed by atoms with E-state index < -0.39 is 162 Å². The van der Waals surface area contributed by atoms with E-state index >= 15 is 14.4 Å². The van der Waals surface area contributed by atoms with Crippen molar-refractivity contribution in [3.05, 3.63) is 12.2 Å². The number of nitrogens with one attached hydrogen (secondary N) is 4. The van der Waals surface area contributed by atoms with Crippen molar-refractivity contribution in [2.75, 3.05) is 55.9 Å². The smallest absolute Gasteiger partial charge is 0.246 e. The summed E-state index contributed by atoms with van der Waals surface area (Å²) in [5, 5.41) is 23.0. The Balaban J connectivity index is 4.45. The number of nitrogens with zero attached hydrogens (tertiary/aromatic N) is 7. The maximum atomic E-state index is 15.2. The summed E-state index contributed by atoms with van der Waals surface area (Å²) < 4.78 is 0. The third-order valence-electron chi connectivity index (χ3n) is 16.6. The van der Waals surface area contributed by atoms with Crippen molar-refractivity contribution < 1.29 is 62.6 Å². The Morgan fingerprint density at radius 3 is 1.39 bits per heavy atom. The molecule has 89 heavy (non-hydrogen) atoms. The molecule has 1 heterocycles. The zero-order valence-electron chi connectivity index (χ0n) is 58.0. The highest BCUT2D eigenvalue weighted by molar-refractivity contribution is 6.00. The van der Waals surface area contributed by atoms with Crippen molar-refractivity contribution in [1.82, 2.24) is 55.6 Å². The maximum Gasteiger partial charge on any atom is 0.246 e. The predicted octanol–water partition coefficient (Wildman–Crippen LogP) is 2.51. The van der Waals surface area contributed by atoms with Crippen LogP contribution >= 0.6 is 0 Å². The van der Waals surface area contributed by atoms with Gasteiger partial charge in [0.2, 0.25) is 70.9 Å². The average Bonchev–Trinajstić information content (AvgIpc) is 0.965. The van der Waals surface area contributed by atoms with E-state index in [0.29, 0.717) is 6.42 Å². The van der Waals surface area contributed by atoms with Gasteiger partial charge in [0.25, 0.3) is 0 Å². The minimum absolute atomic E-state index is 0.00586. The summed E-state index contributed by atoms with van der Waals surface area (Å²) in [6.07, 6.45) is 2.08. The summed E-state index contributed by atoms with van der Waals surface area (Å²) in [6.45, 7) is 27.5. The van der Waals surface area contributed by atoms with Gasteiger partial charge in [-0.05, 0) is 100 Å². The number of primary amides is 1. The van der Waals surface area contributed by atoms with E-state index in [-0.39, 0.29) is 68.6 Å². The molecule has 1 rings (SSSR count). The van der Waals surface area contributed by atoms with Crippen LogP contribution in [-0.2, 0) is 57.5 Å². The van der Waals surface area contributed by atoms with Gasteiger partial charge in [0.1, 0.15) is 60.4 Å². The van der Waals surface area contributed by atoms with E-state index in [9.17, 15) is 48.3 Å². The molecule has 1 fully saturated rings. The molecule has 0 aromatic heterocycles. The van der Waals surface area contributed by atoms with Crippen molar-refractivity contribution in [2.24, 2.45) is 47.2 Å². The number of aliphatic hydroxyl groups excluding tert-OH is 1. The van der Waals surface area contributed by atoms with Gasteiger partial charge in [-0.2, -0.15) is 0 Å². The van der Waals surface area contributed by atoms with Gasteiger partial charge in [0.15, 0.2) is 0 Å². The summed E-state index contributed by atoms with van der Waals surface area (Å²) in [5.41, 5.74) is 5.58. The SMILES string of the molecule is C/C=C/CC(C)C(O)[C@H]1C(=O)N[C@@H](CC)C(=O)N(C)CC(=O)N(C)[C@@H](CC(C)C)C(=O)N[C@@H](C(C)C)C(=O)N(C)[C@@H](CC(C)C)C(=O)N[C@@H](C)C(=O)N[C@H](CCC(N)=O)C(=O)N(C)[C@@H](CC(C)C)C(=O)N(C)[C@@H](CC(C)C)C(=O)N(C)[C@@H](C(C)C)C(=O)N1C. The van der Waals surface area contributed by atoms with Crippen molar-refractivity contribution in [1.29, 1.82) is 0 Å². The van der Waals surface area contributed by atoms with Crippen LogP contribution in [0.2, 0.25) is 0 Å². The highest BCUT2D eigenvalue weighted by Crippen LogP contribution is 2.26. The van der Waals surface area contributed by atoms with Crippen LogP contribution in [0.3, 0.4) is 0 Å². The Kier molecular flexibility index (Phi) is 33.3. The zero-order chi connectivity index (χ0) is 69.0. The first-order valence-electron chi connectivity index (χ1n) is 31.7. The van der Waals surface area contributed by atoms with Crippen molar-refractivity contribution >= 4 is 70.9 Å². The molecule has 0 bridgehead atoms. The minimum atomic E-state index is -1.64. The molecular formula is C64H114N12O13. The predicted molar refractivity (Wildman–Crippen MR) is 341 cm³/mol. The van der Waals surface area contributed by atoms with Gasteiger partial charge in [-0.3, -0.25) is 57.5 Å². The fourth-order valence-electron chi connectivity index (χ4n) is 11.1. The first-order chi connectivity index (χ1) is 41.1. The van der Waals surface area contributed by atoms with Gasteiger partial charge >= 0.3 is 0 Å². The van der Waals surface area contributed by atoms with E-state index in [4.69, 9.17) is 5.73 Å². The first-order valence-corrected chi connectivity index (χ1v) is 31.7. The molecule has 25 heteroatoms. The number of aliphatic hydroxyl groups is 1. The van der Waals surface area contributed by atoms with E-state index in [2.05, 4.69) is 21.3 Å². The highest BCUT2D eigenvalue weighted by atomic mass is 16.3. The molecule has 1 aliphatic rings. The number of nitrogens with two attached hydrogens (primary N) is 1. The van der Waals surface area contributed by atoms with E-state index in [1.165, 1.54) is 75.9 Å². The quantitative estimate of drug-likeness (QED) is 0.108. The molecule has 0 spiro atoms. The Morgan fingerprint density at radius 1 is 0.517 bits per heavy atom. The standard InChI is InChI=1S/C64H114N12O13/c1-24-26-27-41(15)54(79)53-58(83)67-43(25-2)59(84)70(17)34-50(78)71(18)45(30-35(3)4)57(82)69-51(39(11)12)63(88)72(19)46(31-36(5)6)56(81)66-42(16)55(80)68-44(28-29-49(65)77)60(85)73(20)47(32-37(7)8)61(86)74(21)48(33-38(9)10)62(87)75(22)52(40(13)14)64(89)76(53)23/h24,26,35-48,51-54,79H,25,27-34H2,1-23H3,(H2,65,77)(H,66,81)(H,67,83)(H,68,80)(H,69,82)/b26-24+/t41?,42-,43-,44+,45-,46-,47-,48-,51-,52-,53-,54?/m0/s1. The summed E-state index contributed by atoms with van der Waals surface area (Å²) >= 11 is 0. The number of amides is 12. The number of hydrogen-bond donors (Lipinski definition) is 6. The van der Waals surface area contributed by atoms with Crippen LogP contribution < -0.4 is 27.0 Å². The summed E-state index contributed by atoms with van der Waals surface area (Å²) in [4.78, 5) is 182. The Labute approximate surface area is 531 Å². The molecule has 1 saturated heterocycles. The third-order valence-corrected chi connectivity index (χ3v) is 16.6. The van der Waals surface area contributed by atoms with Gasteiger partial charge < -0.3 is 66.4 Å². The number of allylic oxidation sites excluding steroid dienone is 2. The summed E-state index contributed by atoms with van der Waals surface area (Å²) in [6, 6.07) is -13.1. The topological polar surface area (TPSA) is 322 Å². The molecule has 508 valence electrons. The molecule has 25 nitrogen and oxygen atoms in total. The Hall–Kier alpha value is -6.66. The second-order valence-corrected chi connectivity index (χ2v) is 26.9. The minimum Gasteiger partial charge on any atom is -0.390 e. The van der Waals surface area contributed by atoms with Gasteiger partial charge in [0, 0.05) is 55.8 Å². The van der Waals surface area contributed by atoms with Crippen LogP contribution in [0.1, 0.15) is 162 Å². The molecule has 0 saturated carbocycles. The molecule has 0 aliphatic carbocycles. The second kappa shape index (κ2) is 36.9. The number of likely N-dealkylation sites (N-methyl/N-ethyl adjacent to an activating group) is 7. The first kappa shape index (κ1) is 80.4. The molecule has 12 atom stereocenters. The van der Waals surface area contributed by atoms with Gasteiger partial charge in [-0.25, -0.2) is 0 Å². The van der Waals surface area contributed by atoms with Gasteiger partial charge in [-0.15, -0.1) is 0 Å². The highest BCUT2D eigenvalue weighted by Gasteiger charge is 2.46. The zero-order valence-corrected chi connectivity index (χ0v) is 58.0. The molecule has 7 N–H and O–H groups in total. The van der Waals surface area contributed by atoms with Crippen LogP contribution in [0.4, 0.5) is 0 Å². The number of carbonyl (C=O) groups is 12. The van der Waals surface area contributed by atoms with Crippen LogP contribution in [-0.4, -0.2) is 233 Å². The van der Waals surface area contributed by atoms with Crippen molar-refractivity contribution in [2.45, 2.75) is 229 Å². The summed E-state index contributed by atoms with van der Waals surface area (Å²) in [5.74, 6) is -11.4. The normalized spacial score (nSPS) is 26.2. The summed E-state index contributed by atoms with van der Waals surface area (Å²) in [7, 11) is 9.71. The molecule has 2 unspecified atom stereocenters. The lowest BCUT2D eigenvalue weighted by Gasteiger charge is -2.41. The maximum absolute atomic E-state index is 15.2. The molecule has 0 radical (unpaired) electrons. The lowest BCUT2D eigenvalue weighted by atomic mass is 9.91. The van der Waals surface area contributed by atoms with E-state index in [0.717, 1.165) is 14.7 Å². The number of hydrogen-bond acceptors (Lipinski definition) is 13. The lowest BCUT2D eigenvalue weighted by molar-refractivity contribution is -0.157. The van der Waals surface area contributed by atoms with Gasteiger partial charge in [0.05, 0.1) is 12.6 Å². The molecule has 0 aromatic rings. The van der Waals surface area contributed by atoms with Crippen molar-refractivity contribution in [3.8, 4) is 0 Å². The second-order valence-electron chi connectivity index (χ2n) is 26.9. The molecule has 0 aromatic carbocycles. The fraction of sp³-hybridized carbons (Fsp3) is 0.781. The van der Waals surface area contributed by atoms with E-state index in [1.807, 2.05) is 55.4 Å². The number of carbonyl (C=O) groups excluding carboxylic acids is 12.